The zero-order chi connectivity index (χ0) is 32.6. The van der Waals surface area contributed by atoms with E-state index < -0.39 is 12.1 Å². The Labute approximate surface area is 264 Å². The molecular weight excluding hydrogens is 547 g/mol. The molecule has 2 atom stereocenters. The number of esters is 1. The number of hydrogen-bond donors (Lipinski definition) is 2. The van der Waals surface area contributed by atoms with Crippen LogP contribution in [0, 0.1) is 5.92 Å². The second-order valence-corrected chi connectivity index (χ2v) is 12.3. The van der Waals surface area contributed by atoms with Gasteiger partial charge in [0.25, 0.3) is 0 Å². The van der Waals surface area contributed by atoms with Crippen LogP contribution in [0.15, 0.2) is 0 Å². The van der Waals surface area contributed by atoms with Crippen molar-refractivity contribution in [1.29, 1.82) is 0 Å². The van der Waals surface area contributed by atoms with E-state index in [1.807, 2.05) is 14.1 Å². The second kappa shape index (κ2) is 33.2. The molecule has 8 heteroatoms. The van der Waals surface area contributed by atoms with Gasteiger partial charge in [-0.1, -0.05) is 117 Å². The summed E-state index contributed by atoms with van der Waals surface area (Å²) in [6.45, 7) is 6.03. The number of carboxylic acid groups (broad SMARTS) is 1. The summed E-state index contributed by atoms with van der Waals surface area (Å²) in [6.07, 6.45) is 23.6. The smallest absolute Gasteiger partial charge is 0.338 e. The van der Waals surface area contributed by atoms with Gasteiger partial charge in [-0.05, 0) is 59.2 Å². The monoisotopic (exact) mass is 617 g/mol. The third-order valence-corrected chi connectivity index (χ3v) is 7.95. The number of halogens is 1. The number of nitrogens with one attached hydrogen (secondary N) is 1. The third-order valence-electron chi connectivity index (χ3n) is 7.95. The highest BCUT2D eigenvalue weighted by atomic mass is 19.1. The molecular formula is C35H69FN2O5. The van der Waals surface area contributed by atoms with Crippen LogP contribution in [0.1, 0.15) is 162 Å². The van der Waals surface area contributed by atoms with Gasteiger partial charge in [0, 0.05) is 18.9 Å². The summed E-state index contributed by atoms with van der Waals surface area (Å²) in [4.78, 5) is 35.4. The summed E-state index contributed by atoms with van der Waals surface area (Å²) in [7, 11) is 5.49. The maximum Gasteiger partial charge on any atom is 0.338 e. The van der Waals surface area contributed by atoms with Gasteiger partial charge in [0.05, 0.1) is 7.11 Å². The molecule has 0 aliphatic carbocycles. The van der Waals surface area contributed by atoms with E-state index in [1.54, 1.807) is 0 Å². The minimum Gasteiger partial charge on any atom is -0.479 e. The van der Waals surface area contributed by atoms with Crippen LogP contribution in [0.25, 0.3) is 0 Å². The van der Waals surface area contributed by atoms with Crippen LogP contribution in [-0.2, 0) is 19.1 Å². The number of alkyl halides is 1. The number of ether oxygens (including phenoxy) is 1. The quantitative estimate of drug-likeness (QED) is 0.0644. The molecule has 1 amide bonds. The maximum atomic E-state index is 12.8. The van der Waals surface area contributed by atoms with Gasteiger partial charge in [-0.25, -0.2) is 9.18 Å². The molecule has 0 rings (SSSR count). The lowest BCUT2D eigenvalue weighted by Crippen LogP contribution is -2.33. The number of carbonyl (C=O) groups is 3. The van der Waals surface area contributed by atoms with Crippen molar-refractivity contribution in [3.63, 3.8) is 0 Å². The Kier molecular flexibility index (Phi) is 33.5. The summed E-state index contributed by atoms with van der Waals surface area (Å²) in [5, 5.41) is 11.5. The minimum absolute atomic E-state index is 0.127. The van der Waals surface area contributed by atoms with Crippen LogP contribution in [0.2, 0.25) is 0 Å². The topological polar surface area (TPSA) is 95.9 Å². The summed E-state index contributed by atoms with van der Waals surface area (Å²) >= 11 is 0. The first-order chi connectivity index (χ1) is 20.7. The van der Waals surface area contributed by atoms with Gasteiger partial charge >= 0.3 is 11.9 Å². The molecule has 0 saturated heterocycles. The van der Waals surface area contributed by atoms with Crippen molar-refractivity contribution in [2.45, 2.75) is 168 Å². The average molecular weight is 617 g/mol. The van der Waals surface area contributed by atoms with Crippen LogP contribution in [0.5, 0.6) is 0 Å². The fourth-order valence-electron chi connectivity index (χ4n) is 4.96. The predicted octanol–water partition coefficient (Wildman–Crippen LogP) is 8.87. The number of carbonyl (C=O) groups excluding carboxylic acids is 2. The molecule has 0 heterocycles. The summed E-state index contributed by atoms with van der Waals surface area (Å²) in [6, 6.07) is 0. The van der Waals surface area contributed by atoms with Crippen LogP contribution < -0.4 is 5.32 Å². The van der Waals surface area contributed by atoms with Gasteiger partial charge in [-0.2, -0.15) is 0 Å². The first kappa shape index (κ1) is 43.4. The molecule has 0 radical (unpaired) electrons. The minimum atomic E-state index is -1.66. The third kappa shape index (κ3) is 33.0. The van der Waals surface area contributed by atoms with Crippen molar-refractivity contribution < 1.29 is 28.6 Å². The molecule has 0 bridgehead atoms. The zero-order valence-corrected chi connectivity index (χ0v) is 28.7. The molecule has 256 valence electrons. The number of rotatable bonds is 29. The Morgan fingerprint density at radius 3 is 1.63 bits per heavy atom. The number of nitrogens with zero attached hydrogens (tertiary/aromatic N) is 1. The molecule has 7 nitrogen and oxygen atoms in total. The number of unbranched alkanes of at least 4 members (excludes halogenated alkanes) is 17. The first-order valence-corrected chi connectivity index (χ1v) is 17.6. The molecule has 0 saturated carbocycles. The number of amides is 1. The van der Waals surface area contributed by atoms with Gasteiger partial charge in [0.1, 0.15) is 0 Å². The molecule has 2 N–H and O–H groups in total. The van der Waals surface area contributed by atoms with E-state index in [-0.39, 0.29) is 24.2 Å². The van der Waals surface area contributed by atoms with Gasteiger partial charge < -0.3 is 20.1 Å². The van der Waals surface area contributed by atoms with E-state index in [4.69, 9.17) is 5.11 Å². The summed E-state index contributed by atoms with van der Waals surface area (Å²) in [5.74, 6) is -1.13. The maximum absolute atomic E-state index is 12.8. The average Bonchev–Trinajstić information content (AvgIpc) is 2.98. The van der Waals surface area contributed by atoms with Gasteiger partial charge in [-0.15, -0.1) is 0 Å². The Morgan fingerprint density at radius 2 is 1.19 bits per heavy atom. The first-order valence-electron chi connectivity index (χ1n) is 17.6. The molecule has 0 aromatic heterocycles. The summed E-state index contributed by atoms with van der Waals surface area (Å²) < 4.78 is 17.4. The fourth-order valence-corrected chi connectivity index (χ4v) is 4.96. The van der Waals surface area contributed by atoms with E-state index in [1.165, 1.54) is 77.7 Å². The highest BCUT2D eigenvalue weighted by Crippen LogP contribution is 2.14. The highest BCUT2D eigenvalue weighted by molar-refractivity contribution is 5.78. The lowest BCUT2D eigenvalue weighted by Gasteiger charge is -2.17. The van der Waals surface area contributed by atoms with Gasteiger partial charge in [-0.3, -0.25) is 9.59 Å². The molecule has 0 fully saturated rings. The van der Waals surface area contributed by atoms with Crippen molar-refractivity contribution in [3.8, 4) is 0 Å². The molecule has 0 spiro atoms. The second-order valence-electron chi connectivity index (χ2n) is 12.3. The van der Waals surface area contributed by atoms with Crippen molar-refractivity contribution in [3.05, 3.63) is 0 Å². The van der Waals surface area contributed by atoms with E-state index in [0.29, 0.717) is 12.8 Å². The van der Waals surface area contributed by atoms with E-state index in [9.17, 15) is 18.8 Å². The largest absolute Gasteiger partial charge is 0.479 e. The van der Waals surface area contributed by atoms with Gasteiger partial charge in [0.2, 0.25) is 5.91 Å². The lowest BCUT2D eigenvalue weighted by atomic mass is 10.0. The van der Waals surface area contributed by atoms with Crippen molar-refractivity contribution >= 4 is 17.8 Å². The Morgan fingerprint density at radius 1 is 0.721 bits per heavy atom. The Balaban J connectivity index is 0. The normalized spacial score (nSPS) is 12.3. The van der Waals surface area contributed by atoms with Crippen molar-refractivity contribution in [2.75, 3.05) is 34.3 Å². The van der Waals surface area contributed by atoms with Crippen molar-refractivity contribution in [1.82, 2.24) is 10.2 Å². The predicted molar refractivity (Wildman–Crippen MR) is 177 cm³/mol. The van der Waals surface area contributed by atoms with E-state index >= 15 is 0 Å². The molecule has 0 aromatic carbocycles. The van der Waals surface area contributed by atoms with Gasteiger partial charge in [0.15, 0.2) is 6.17 Å². The Bertz CT molecular complexity index is 648. The Hall–Kier alpha value is -1.70. The molecule has 43 heavy (non-hydrogen) atoms. The van der Waals surface area contributed by atoms with Crippen LogP contribution in [-0.4, -0.2) is 68.3 Å². The van der Waals surface area contributed by atoms with Crippen LogP contribution >= 0.6 is 0 Å². The van der Waals surface area contributed by atoms with E-state index in [2.05, 4.69) is 28.8 Å². The van der Waals surface area contributed by atoms with Crippen LogP contribution in [0.4, 0.5) is 4.39 Å². The number of hydrogen-bond acceptors (Lipinski definition) is 5. The standard InChI is InChI=1S/C18H35FO2.C17H34N2O3/c1-2-3-4-5-6-7-8-9-10-11-12-13-14-15-16-17(19)18(20)21;1-5-15(12-14-19(2)3)17(21)18-13-10-8-6-7-9-11-16(20)22-4/h17H,2-16H2,1H3,(H,20,21);15H,5-14H2,1-4H3,(H,18,21). The highest BCUT2D eigenvalue weighted by Gasteiger charge is 2.16. The molecule has 0 aliphatic rings. The summed E-state index contributed by atoms with van der Waals surface area (Å²) in [5.41, 5.74) is 0. The number of methoxy groups -OCH3 is 1. The molecule has 0 aliphatic heterocycles. The number of carboxylic acids is 1. The molecule has 2 unspecified atom stereocenters. The van der Waals surface area contributed by atoms with E-state index in [0.717, 1.165) is 70.9 Å². The zero-order valence-electron chi connectivity index (χ0n) is 28.7. The molecule has 0 aromatic rings. The van der Waals surface area contributed by atoms with Crippen LogP contribution in [0.3, 0.4) is 0 Å². The van der Waals surface area contributed by atoms with Crippen molar-refractivity contribution in [2.24, 2.45) is 5.92 Å². The fraction of sp³-hybridized carbons (Fsp3) is 0.914. The lowest BCUT2D eigenvalue weighted by molar-refractivity contribution is -0.143. The SMILES string of the molecule is CCC(CCN(C)C)C(=O)NCCCCCCCC(=O)OC.CCCCCCCCCCCCCCCCC(F)C(=O)O. The number of aliphatic carboxylic acids is 1.